The Morgan fingerprint density at radius 1 is 1.10 bits per heavy atom. The average Bonchev–Trinajstić information content (AvgIpc) is 3.33. The summed E-state index contributed by atoms with van der Waals surface area (Å²) in [7, 11) is 0. The van der Waals surface area contributed by atoms with E-state index >= 15 is 0 Å². The molecule has 39 heavy (non-hydrogen) atoms. The van der Waals surface area contributed by atoms with Gasteiger partial charge in [-0.25, -0.2) is 9.97 Å². The van der Waals surface area contributed by atoms with Gasteiger partial charge < -0.3 is 31.2 Å². The summed E-state index contributed by atoms with van der Waals surface area (Å²) < 4.78 is 5.19. The van der Waals surface area contributed by atoms with Gasteiger partial charge in [0, 0.05) is 48.5 Å². The lowest BCUT2D eigenvalue weighted by Gasteiger charge is -2.32. The Bertz CT molecular complexity index is 1300. The van der Waals surface area contributed by atoms with Gasteiger partial charge >= 0.3 is 5.97 Å². The van der Waals surface area contributed by atoms with E-state index in [1.807, 2.05) is 37.7 Å². The number of aromatic amines is 1. The van der Waals surface area contributed by atoms with Crippen LogP contribution in [0.1, 0.15) is 79.5 Å². The minimum absolute atomic E-state index is 0.0241. The van der Waals surface area contributed by atoms with Crippen LogP contribution in [0.3, 0.4) is 0 Å². The molecule has 2 aliphatic rings. The summed E-state index contributed by atoms with van der Waals surface area (Å²) in [6.07, 6.45) is 13.3. The number of piperidine rings is 1. The number of rotatable bonds is 7. The first kappa shape index (κ1) is 26.6. The van der Waals surface area contributed by atoms with Crippen LogP contribution in [-0.4, -0.2) is 45.7 Å². The van der Waals surface area contributed by atoms with Gasteiger partial charge in [-0.05, 0) is 86.6 Å². The van der Waals surface area contributed by atoms with Crippen LogP contribution in [0.4, 0.5) is 11.8 Å². The highest BCUT2D eigenvalue weighted by molar-refractivity contribution is 5.85. The number of carbonyl (C=O) groups excluding carboxylic acids is 1. The largest absolute Gasteiger partial charge is 0.507 e. The van der Waals surface area contributed by atoms with Crippen LogP contribution < -0.4 is 16.4 Å². The fraction of sp³-hybridized carbons (Fsp3) is 0.433. The van der Waals surface area contributed by atoms with Gasteiger partial charge in [-0.3, -0.25) is 4.79 Å². The van der Waals surface area contributed by atoms with Gasteiger partial charge in [0.25, 0.3) is 0 Å². The lowest BCUT2D eigenvalue weighted by atomic mass is 9.79. The van der Waals surface area contributed by atoms with Crippen LogP contribution in [0, 0.1) is 5.92 Å². The Labute approximate surface area is 229 Å². The van der Waals surface area contributed by atoms with Crippen molar-refractivity contribution in [2.24, 2.45) is 11.7 Å². The van der Waals surface area contributed by atoms with Crippen molar-refractivity contribution in [3.05, 3.63) is 65.1 Å². The van der Waals surface area contributed by atoms with Gasteiger partial charge in [0.15, 0.2) is 0 Å². The van der Waals surface area contributed by atoms with Gasteiger partial charge in [-0.2, -0.15) is 0 Å². The Hall–Kier alpha value is -4.01. The van der Waals surface area contributed by atoms with E-state index in [4.69, 9.17) is 26.2 Å². The monoisotopic (exact) mass is 530 g/mol. The maximum absolute atomic E-state index is 12.0. The molecule has 2 aromatic heterocycles. The minimum Gasteiger partial charge on any atom is -0.507 e. The summed E-state index contributed by atoms with van der Waals surface area (Å²) in [5.74, 6) is 2.16. The van der Waals surface area contributed by atoms with Gasteiger partial charge in [-0.15, -0.1) is 0 Å². The van der Waals surface area contributed by atoms with Gasteiger partial charge in [0.2, 0.25) is 5.95 Å². The number of anilines is 2. The van der Waals surface area contributed by atoms with Crippen LogP contribution in [0.15, 0.2) is 42.9 Å². The summed E-state index contributed by atoms with van der Waals surface area (Å²) in [5, 5.41) is 10.2. The number of nitrogen functional groups attached to an aromatic ring is 1. The molecule has 1 aromatic carbocycles. The van der Waals surface area contributed by atoms with Crippen molar-refractivity contribution in [3.8, 4) is 5.75 Å². The first-order chi connectivity index (χ1) is 18.9. The Kier molecular flexibility index (Phi) is 8.05. The Balaban J connectivity index is 1.19. The Morgan fingerprint density at radius 2 is 1.79 bits per heavy atom. The Morgan fingerprint density at radius 3 is 2.46 bits per heavy atom. The van der Waals surface area contributed by atoms with Crippen LogP contribution in [-0.2, 0) is 9.53 Å². The predicted molar refractivity (Wildman–Crippen MR) is 153 cm³/mol. The van der Waals surface area contributed by atoms with Gasteiger partial charge in [0.05, 0.1) is 12.5 Å². The van der Waals surface area contributed by atoms with Crippen molar-refractivity contribution < 1.29 is 14.6 Å². The van der Waals surface area contributed by atoms with Crippen molar-refractivity contribution in [1.29, 1.82) is 0 Å². The average molecular weight is 531 g/mol. The highest BCUT2D eigenvalue weighted by atomic mass is 16.5. The predicted octanol–water partition coefficient (Wildman–Crippen LogP) is 4.77. The molecular formula is C30H38N6O3. The number of hydrogen-bond acceptors (Lipinski definition) is 8. The van der Waals surface area contributed by atoms with Crippen molar-refractivity contribution >= 4 is 29.5 Å². The second kappa shape index (κ2) is 11.8. The van der Waals surface area contributed by atoms with E-state index in [9.17, 15) is 9.90 Å². The normalized spacial score (nSPS) is 20.6. The summed E-state index contributed by atoms with van der Waals surface area (Å²) in [5.41, 5.74) is 16.8. The quantitative estimate of drug-likeness (QED) is 0.320. The molecular weight excluding hydrogens is 492 g/mol. The van der Waals surface area contributed by atoms with Crippen molar-refractivity contribution in [3.63, 3.8) is 0 Å². The van der Waals surface area contributed by atoms with E-state index in [1.165, 1.54) is 0 Å². The zero-order chi connectivity index (χ0) is 27.4. The lowest BCUT2D eigenvalue weighted by molar-refractivity contribution is -0.149. The highest BCUT2D eigenvalue weighted by Crippen LogP contribution is 2.37. The van der Waals surface area contributed by atoms with Crippen LogP contribution >= 0.6 is 0 Å². The minimum atomic E-state index is -0.0598. The van der Waals surface area contributed by atoms with Crippen LogP contribution in [0.5, 0.6) is 5.75 Å². The molecule has 2 fully saturated rings. The number of phenols is 1. The standard InChI is InChI=1S/C30H38N6O3/c1-2-39-29(38)21-9-7-19(8-10-21)22-16-34-30(35-17-22)36-13-11-20(12-14-36)25-18-33-28(32)24(25)15-26(31)23-5-3-4-6-27(23)37/h3-6,15-21,33,37H,2,7-14,31-32H2,1H3/b26-15-. The number of phenolic OH excluding ortho intramolecular Hbond substituents is 1. The number of aromatic nitrogens is 3. The molecule has 1 saturated heterocycles. The van der Waals surface area contributed by atoms with Crippen LogP contribution in [0.2, 0.25) is 0 Å². The first-order valence-electron chi connectivity index (χ1n) is 13.9. The number of para-hydroxylation sites is 1. The number of hydrogen-bond donors (Lipinski definition) is 4. The second-order valence-corrected chi connectivity index (χ2v) is 10.6. The molecule has 206 valence electrons. The fourth-order valence-corrected chi connectivity index (χ4v) is 5.93. The number of aromatic hydroxyl groups is 1. The number of nitrogens with two attached hydrogens (primary N) is 2. The molecule has 1 aliphatic heterocycles. The van der Waals surface area contributed by atoms with Gasteiger partial charge in [0.1, 0.15) is 11.6 Å². The summed E-state index contributed by atoms with van der Waals surface area (Å²) in [6.45, 7) is 3.99. The molecule has 3 aromatic rings. The van der Waals surface area contributed by atoms with E-state index in [0.29, 0.717) is 35.5 Å². The zero-order valence-electron chi connectivity index (χ0n) is 22.5. The van der Waals surface area contributed by atoms with Gasteiger partial charge in [-0.1, -0.05) is 12.1 Å². The van der Waals surface area contributed by atoms with E-state index < -0.39 is 0 Å². The van der Waals surface area contributed by atoms with E-state index in [2.05, 4.69) is 9.88 Å². The summed E-state index contributed by atoms with van der Waals surface area (Å²) in [6, 6.07) is 7.03. The maximum atomic E-state index is 12.0. The molecule has 0 bridgehead atoms. The number of carbonyl (C=O) groups is 1. The molecule has 9 nitrogen and oxygen atoms in total. The van der Waals surface area contributed by atoms with E-state index in [0.717, 1.165) is 74.3 Å². The molecule has 0 amide bonds. The number of esters is 1. The molecule has 5 rings (SSSR count). The smallest absolute Gasteiger partial charge is 0.308 e. The molecule has 0 spiro atoms. The van der Waals surface area contributed by atoms with Crippen molar-refractivity contribution in [1.82, 2.24) is 15.0 Å². The maximum Gasteiger partial charge on any atom is 0.308 e. The third-order valence-electron chi connectivity index (χ3n) is 8.19. The molecule has 0 radical (unpaired) electrons. The molecule has 1 aliphatic carbocycles. The zero-order valence-corrected chi connectivity index (χ0v) is 22.5. The van der Waals surface area contributed by atoms with Crippen molar-refractivity contribution in [2.45, 2.75) is 57.3 Å². The number of nitrogens with one attached hydrogen (secondary N) is 1. The van der Waals surface area contributed by atoms with Crippen molar-refractivity contribution in [2.75, 3.05) is 30.3 Å². The molecule has 6 N–H and O–H groups in total. The number of ether oxygens (including phenoxy) is 1. The molecule has 1 saturated carbocycles. The topological polar surface area (TPSA) is 143 Å². The SMILES string of the molecule is CCOC(=O)C1CCC(c2cnc(N3CCC(c4c[nH]c(N)c4/C=C(\N)c4ccccc4O)CC3)nc2)CC1. The molecule has 0 atom stereocenters. The second-order valence-electron chi connectivity index (χ2n) is 10.6. The first-order valence-corrected chi connectivity index (χ1v) is 13.9. The molecule has 9 heteroatoms. The molecule has 0 unspecified atom stereocenters. The van der Waals surface area contributed by atoms with E-state index in [1.54, 1.807) is 18.2 Å². The fourth-order valence-electron chi connectivity index (χ4n) is 5.93. The third kappa shape index (κ3) is 5.87. The van der Waals surface area contributed by atoms with Crippen LogP contribution in [0.25, 0.3) is 11.8 Å². The van der Waals surface area contributed by atoms with E-state index in [-0.39, 0.29) is 17.6 Å². The highest BCUT2D eigenvalue weighted by Gasteiger charge is 2.29. The third-order valence-corrected chi connectivity index (χ3v) is 8.19. The molecule has 3 heterocycles. The summed E-state index contributed by atoms with van der Waals surface area (Å²) in [4.78, 5) is 26.8. The lowest BCUT2D eigenvalue weighted by Crippen LogP contribution is -2.34. The number of H-pyrrole nitrogens is 1. The number of benzene rings is 1. The number of nitrogens with zero attached hydrogens (tertiary/aromatic N) is 3. The summed E-state index contributed by atoms with van der Waals surface area (Å²) >= 11 is 0.